The number of hydrogen-bond acceptors (Lipinski definition) is 7. The zero-order chi connectivity index (χ0) is 18.8. The highest BCUT2D eigenvalue weighted by Gasteiger charge is 2.19. The van der Waals surface area contributed by atoms with Gasteiger partial charge in [-0.1, -0.05) is 6.92 Å². The molecule has 0 spiro atoms. The molecule has 2 heterocycles. The van der Waals surface area contributed by atoms with Gasteiger partial charge in [0.1, 0.15) is 15.6 Å². The Kier molecular flexibility index (Phi) is 4.99. The Morgan fingerprint density at radius 1 is 1.42 bits per heavy atom. The van der Waals surface area contributed by atoms with Crippen molar-refractivity contribution in [1.82, 2.24) is 25.2 Å². The quantitative estimate of drug-likeness (QED) is 0.708. The molecule has 1 aromatic carbocycles. The van der Waals surface area contributed by atoms with Crippen LogP contribution >= 0.6 is 11.3 Å². The van der Waals surface area contributed by atoms with Gasteiger partial charge >= 0.3 is 5.97 Å². The summed E-state index contributed by atoms with van der Waals surface area (Å²) >= 11 is 1.15. The lowest BCUT2D eigenvalue weighted by Gasteiger charge is -2.16. The zero-order valence-electron chi connectivity index (χ0n) is 14.9. The topological polar surface area (TPSA) is 103 Å². The number of benzene rings is 1. The molecular formula is C17H19N5O3S. The summed E-state index contributed by atoms with van der Waals surface area (Å²) in [5, 5.41) is 21.6. The molecule has 1 N–H and O–H groups in total. The fraction of sp³-hybridized carbons (Fsp3) is 0.353. The lowest BCUT2D eigenvalue weighted by atomic mass is 10.1. The van der Waals surface area contributed by atoms with Crippen LogP contribution in [0.25, 0.3) is 22.0 Å². The van der Waals surface area contributed by atoms with Gasteiger partial charge in [0, 0.05) is 12.6 Å². The van der Waals surface area contributed by atoms with Crippen molar-refractivity contribution in [2.24, 2.45) is 7.05 Å². The van der Waals surface area contributed by atoms with E-state index in [1.54, 1.807) is 18.7 Å². The van der Waals surface area contributed by atoms with E-state index in [4.69, 9.17) is 4.74 Å². The van der Waals surface area contributed by atoms with Gasteiger partial charge in [-0.25, -0.2) is 14.5 Å². The number of aromatic nitrogens is 5. The number of carboxylic acids is 1. The first-order valence-corrected chi connectivity index (χ1v) is 8.96. The van der Waals surface area contributed by atoms with Crippen molar-refractivity contribution in [2.45, 2.75) is 33.3 Å². The van der Waals surface area contributed by atoms with E-state index in [1.165, 1.54) is 0 Å². The minimum atomic E-state index is -0.972. The van der Waals surface area contributed by atoms with Crippen LogP contribution in [-0.4, -0.2) is 42.4 Å². The Morgan fingerprint density at radius 3 is 2.77 bits per heavy atom. The third-order valence-electron chi connectivity index (χ3n) is 3.98. The molecule has 0 saturated carbocycles. The molecule has 3 rings (SSSR count). The predicted octanol–water partition coefficient (Wildman–Crippen LogP) is 3.18. The number of carboxylic acid groups (broad SMARTS) is 1. The first-order valence-electron chi connectivity index (χ1n) is 8.15. The van der Waals surface area contributed by atoms with Gasteiger partial charge in [0.05, 0.1) is 17.4 Å². The summed E-state index contributed by atoms with van der Waals surface area (Å²) in [4.78, 5) is 15.9. The molecule has 8 nitrogen and oxygen atoms in total. The van der Waals surface area contributed by atoms with Gasteiger partial charge in [0.15, 0.2) is 5.82 Å². The lowest BCUT2D eigenvalue weighted by molar-refractivity contribution is 0.0701. The summed E-state index contributed by atoms with van der Waals surface area (Å²) in [7, 11) is 1.76. The molecule has 26 heavy (non-hydrogen) atoms. The van der Waals surface area contributed by atoms with E-state index in [1.807, 2.05) is 32.0 Å². The standard InChI is InChI=1S/C17H19N5O3S/c1-5-9(2)25-13-7-6-11(8-12(13)15-19-20-21-22(15)4)16-18-10(3)14(26-16)17(23)24/h6-9H,5H2,1-4H3,(H,23,24)/t9-/m1/s1. The second-order valence-electron chi connectivity index (χ2n) is 5.91. The predicted molar refractivity (Wildman–Crippen MR) is 97.4 cm³/mol. The summed E-state index contributed by atoms with van der Waals surface area (Å²) in [5.41, 5.74) is 2.03. The van der Waals surface area contributed by atoms with Crippen LogP contribution in [-0.2, 0) is 7.05 Å². The Hall–Kier alpha value is -2.81. The van der Waals surface area contributed by atoms with E-state index in [2.05, 4.69) is 20.5 Å². The molecule has 0 aliphatic rings. The summed E-state index contributed by atoms with van der Waals surface area (Å²) < 4.78 is 7.58. The lowest BCUT2D eigenvalue weighted by Crippen LogP contribution is -2.11. The van der Waals surface area contributed by atoms with Crippen molar-refractivity contribution in [3.05, 3.63) is 28.8 Å². The van der Waals surface area contributed by atoms with Crippen LogP contribution in [0.1, 0.15) is 35.6 Å². The maximum absolute atomic E-state index is 11.3. The first-order chi connectivity index (χ1) is 12.4. The van der Waals surface area contributed by atoms with E-state index in [0.29, 0.717) is 22.3 Å². The maximum atomic E-state index is 11.3. The van der Waals surface area contributed by atoms with Crippen molar-refractivity contribution < 1.29 is 14.6 Å². The van der Waals surface area contributed by atoms with Crippen LogP contribution in [0.5, 0.6) is 5.75 Å². The minimum absolute atomic E-state index is 0.0431. The summed E-state index contributed by atoms with van der Waals surface area (Å²) in [6.07, 6.45) is 0.910. The second-order valence-corrected chi connectivity index (χ2v) is 6.91. The number of thiazole rings is 1. The van der Waals surface area contributed by atoms with Gasteiger partial charge in [-0.05, 0) is 48.9 Å². The number of hydrogen-bond donors (Lipinski definition) is 1. The van der Waals surface area contributed by atoms with Gasteiger partial charge in [0.25, 0.3) is 0 Å². The first kappa shape index (κ1) is 18.0. The minimum Gasteiger partial charge on any atom is -0.490 e. The summed E-state index contributed by atoms with van der Waals surface area (Å²) in [6, 6.07) is 5.60. The van der Waals surface area contributed by atoms with Crippen LogP contribution < -0.4 is 4.74 Å². The van der Waals surface area contributed by atoms with Crippen LogP contribution in [0.2, 0.25) is 0 Å². The number of rotatable bonds is 6. The van der Waals surface area contributed by atoms with E-state index in [9.17, 15) is 9.90 Å². The van der Waals surface area contributed by atoms with Gasteiger partial charge in [0.2, 0.25) is 0 Å². The van der Waals surface area contributed by atoms with E-state index < -0.39 is 5.97 Å². The van der Waals surface area contributed by atoms with Crippen LogP contribution in [0, 0.1) is 6.92 Å². The van der Waals surface area contributed by atoms with Crippen LogP contribution in [0.3, 0.4) is 0 Å². The monoisotopic (exact) mass is 373 g/mol. The average Bonchev–Trinajstić information content (AvgIpc) is 3.21. The Labute approximate surface area is 154 Å². The van der Waals surface area contributed by atoms with Gasteiger partial charge in [-0.3, -0.25) is 0 Å². The van der Waals surface area contributed by atoms with Crippen molar-refractivity contribution in [3.8, 4) is 27.7 Å². The smallest absolute Gasteiger partial charge is 0.347 e. The molecule has 0 radical (unpaired) electrons. The second kappa shape index (κ2) is 7.20. The number of nitrogens with zero attached hydrogens (tertiary/aromatic N) is 5. The average molecular weight is 373 g/mol. The van der Waals surface area contributed by atoms with E-state index in [-0.39, 0.29) is 11.0 Å². The zero-order valence-corrected chi connectivity index (χ0v) is 15.7. The Morgan fingerprint density at radius 2 is 2.19 bits per heavy atom. The highest BCUT2D eigenvalue weighted by Crippen LogP contribution is 2.36. The highest BCUT2D eigenvalue weighted by molar-refractivity contribution is 7.17. The molecule has 1 atom stereocenters. The normalized spacial score (nSPS) is 12.2. The molecule has 0 aliphatic heterocycles. The third kappa shape index (κ3) is 3.43. The van der Waals surface area contributed by atoms with Crippen molar-refractivity contribution in [2.75, 3.05) is 0 Å². The van der Waals surface area contributed by atoms with Crippen molar-refractivity contribution >= 4 is 17.3 Å². The Bertz CT molecular complexity index is 950. The van der Waals surface area contributed by atoms with Gasteiger partial charge in [-0.15, -0.1) is 16.4 Å². The molecular weight excluding hydrogens is 354 g/mol. The molecule has 2 aromatic heterocycles. The molecule has 0 bridgehead atoms. The Balaban J connectivity index is 2.10. The summed E-state index contributed by atoms with van der Waals surface area (Å²) in [5.74, 6) is 0.269. The number of ether oxygens (including phenoxy) is 1. The van der Waals surface area contributed by atoms with Crippen molar-refractivity contribution in [1.29, 1.82) is 0 Å². The molecule has 0 aliphatic carbocycles. The van der Waals surface area contributed by atoms with Crippen LogP contribution in [0.4, 0.5) is 0 Å². The maximum Gasteiger partial charge on any atom is 0.347 e. The molecule has 0 unspecified atom stereocenters. The van der Waals surface area contributed by atoms with Crippen molar-refractivity contribution in [3.63, 3.8) is 0 Å². The number of carbonyl (C=O) groups is 1. The number of tetrazole rings is 1. The molecule has 0 fully saturated rings. The SMILES string of the molecule is CC[C@@H](C)Oc1ccc(-c2nc(C)c(C(=O)O)s2)cc1-c1nnnn1C. The van der Waals surface area contributed by atoms with Gasteiger partial charge in [-0.2, -0.15) is 0 Å². The highest BCUT2D eigenvalue weighted by atomic mass is 32.1. The van der Waals surface area contributed by atoms with Crippen LogP contribution in [0.15, 0.2) is 18.2 Å². The number of aryl methyl sites for hydroxylation is 2. The third-order valence-corrected chi connectivity index (χ3v) is 5.18. The fourth-order valence-electron chi connectivity index (χ4n) is 2.42. The largest absolute Gasteiger partial charge is 0.490 e. The summed E-state index contributed by atoms with van der Waals surface area (Å²) in [6.45, 7) is 5.74. The molecule has 3 aromatic rings. The molecule has 136 valence electrons. The fourth-order valence-corrected chi connectivity index (χ4v) is 3.32. The van der Waals surface area contributed by atoms with Gasteiger partial charge < -0.3 is 9.84 Å². The van der Waals surface area contributed by atoms with E-state index in [0.717, 1.165) is 28.9 Å². The van der Waals surface area contributed by atoms with E-state index >= 15 is 0 Å². The molecule has 0 saturated heterocycles. The molecule has 0 amide bonds. The molecule has 9 heteroatoms. The number of aromatic carboxylic acids is 1.